The molecule has 1 atom stereocenters. The number of para-hydroxylation sites is 3. The number of hydrogen-bond donors (Lipinski definition) is 2. The van der Waals surface area contributed by atoms with Crippen molar-refractivity contribution in [1.29, 1.82) is 0 Å². The summed E-state index contributed by atoms with van der Waals surface area (Å²) in [4.78, 5) is -0.00411. The number of sulfonamides is 1. The molecule has 7 nitrogen and oxygen atoms in total. The summed E-state index contributed by atoms with van der Waals surface area (Å²) in [5.74, 6) is 1.73. The van der Waals surface area contributed by atoms with Gasteiger partial charge in [0.15, 0.2) is 11.5 Å². The molecule has 0 spiro atoms. The zero-order valence-corrected chi connectivity index (χ0v) is 18.5. The average molecular weight is 445 g/mol. The minimum atomic E-state index is -3.84. The molecule has 0 saturated carbocycles. The Bertz CT molecular complexity index is 877. The number of hydrogen-bond acceptors (Lipinski definition) is 6. The van der Waals surface area contributed by atoms with Gasteiger partial charge >= 0.3 is 0 Å². The summed E-state index contributed by atoms with van der Waals surface area (Å²) < 4.78 is 40.1. The van der Waals surface area contributed by atoms with Crippen LogP contribution in [0.25, 0.3) is 0 Å². The van der Waals surface area contributed by atoms with Crippen molar-refractivity contribution in [2.24, 2.45) is 5.14 Å². The molecule has 0 amide bonds. The zero-order valence-electron chi connectivity index (χ0n) is 16.9. The van der Waals surface area contributed by atoms with Crippen LogP contribution in [-0.2, 0) is 16.4 Å². The summed E-state index contributed by atoms with van der Waals surface area (Å²) in [7, 11) is -2.40. The van der Waals surface area contributed by atoms with E-state index in [9.17, 15) is 8.42 Å². The lowest BCUT2D eigenvalue weighted by molar-refractivity contribution is 0.272. The highest BCUT2D eigenvalue weighted by Crippen LogP contribution is 2.28. The first kappa shape index (κ1) is 25.0. The third kappa shape index (κ3) is 7.40. The van der Waals surface area contributed by atoms with Gasteiger partial charge in [0, 0.05) is 12.6 Å². The van der Waals surface area contributed by atoms with Crippen LogP contribution in [0.1, 0.15) is 19.4 Å². The summed E-state index contributed by atoms with van der Waals surface area (Å²) in [6.45, 7) is 5.62. The molecule has 0 heterocycles. The lowest BCUT2D eigenvalue weighted by Crippen LogP contribution is -2.32. The van der Waals surface area contributed by atoms with E-state index in [1.807, 2.05) is 44.2 Å². The Morgan fingerprint density at radius 1 is 1.07 bits per heavy atom. The third-order valence-corrected chi connectivity index (χ3v) is 5.03. The van der Waals surface area contributed by atoms with E-state index in [-0.39, 0.29) is 23.3 Å². The third-order valence-electron chi connectivity index (χ3n) is 4.10. The smallest absolute Gasteiger partial charge is 0.241 e. The maximum atomic E-state index is 11.7. The second-order valence-electron chi connectivity index (χ2n) is 6.28. The van der Waals surface area contributed by atoms with Gasteiger partial charge in [-0.05, 0) is 44.0 Å². The maximum Gasteiger partial charge on any atom is 0.241 e. The van der Waals surface area contributed by atoms with Crippen molar-refractivity contribution in [2.45, 2.75) is 31.2 Å². The van der Waals surface area contributed by atoms with E-state index < -0.39 is 10.0 Å². The fourth-order valence-corrected chi connectivity index (χ4v) is 3.63. The van der Waals surface area contributed by atoms with Gasteiger partial charge in [0.05, 0.1) is 13.7 Å². The van der Waals surface area contributed by atoms with E-state index in [4.69, 9.17) is 19.3 Å². The van der Waals surface area contributed by atoms with Gasteiger partial charge in [-0.25, -0.2) is 13.6 Å². The van der Waals surface area contributed by atoms with Crippen LogP contribution < -0.4 is 24.7 Å². The largest absolute Gasteiger partial charge is 0.495 e. The highest BCUT2D eigenvalue weighted by atomic mass is 35.5. The van der Waals surface area contributed by atoms with Gasteiger partial charge in [-0.1, -0.05) is 24.3 Å². The summed E-state index contributed by atoms with van der Waals surface area (Å²) >= 11 is 0. The summed E-state index contributed by atoms with van der Waals surface area (Å²) in [5.41, 5.74) is 0.775. The summed E-state index contributed by atoms with van der Waals surface area (Å²) in [5, 5.41) is 8.63. The number of nitrogens with one attached hydrogen (secondary N) is 1. The molecule has 0 radical (unpaired) electrons. The fraction of sp³-hybridized carbons (Fsp3) is 0.400. The number of primary sulfonamides is 1. The molecular weight excluding hydrogens is 416 g/mol. The lowest BCUT2D eigenvalue weighted by Gasteiger charge is -2.18. The summed E-state index contributed by atoms with van der Waals surface area (Å²) in [6.07, 6.45) is 0.585. The van der Waals surface area contributed by atoms with Gasteiger partial charge in [0.25, 0.3) is 0 Å². The van der Waals surface area contributed by atoms with Crippen LogP contribution in [-0.4, -0.2) is 41.3 Å². The van der Waals surface area contributed by atoms with Crippen molar-refractivity contribution in [3.05, 3.63) is 48.0 Å². The van der Waals surface area contributed by atoms with E-state index >= 15 is 0 Å². The van der Waals surface area contributed by atoms with Gasteiger partial charge < -0.3 is 19.5 Å². The molecule has 9 heteroatoms. The molecule has 162 valence electrons. The molecule has 0 aliphatic heterocycles. The van der Waals surface area contributed by atoms with Crippen molar-refractivity contribution in [3.63, 3.8) is 0 Å². The van der Waals surface area contributed by atoms with E-state index in [1.165, 1.54) is 13.2 Å². The first-order valence-electron chi connectivity index (χ1n) is 9.13. The van der Waals surface area contributed by atoms with Crippen molar-refractivity contribution < 1.29 is 22.6 Å². The molecule has 2 aromatic carbocycles. The van der Waals surface area contributed by atoms with Gasteiger partial charge in [-0.2, -0.15) is 0 Å². The first-order chi connectivity index (χ1) is 13.4. The Morgan fingerprint density at radius 3 is 2.31 bits per heavy atom. The number of rotatable bonds is 11. The van der Waals surface area contributed by atoms with Crippen molar-refractivity contribution in [1.82, 2.24) is 5.32 Å². The monoisotopic (exact) mass is 444 g/mol. The average Bonchev–Trinajstić information content (AvgIpc) is 2.65. The lowest BCUT2D eigenvalue weighted by atomic mass is 10.1. The Hall–Kier alpha value is -2.00. The second-order valence-corrected chi connectivity index (χ2v) is 7.81. The number of benzene rings is 2. The van der Waals surface area contributed by atoms with Crippen molar-refractivity contribution in [3.8, 4) is 17.2 Å². The number of ether oxygens (including phenoxy) is 3. The molecule has 2 aromatic rings. The Morgan fingerprint density at radius 2 is 1.72 bits per heavy atom. The number of methoxy groups -OCH3 is 1. The number of halogens is 1. The van der Waals surface area contributed by atoms with E-state index in [2.05, 4.69) is 5.32 Å². The van der Waals surface area contributed by atoms with Crippen LogP contribution in [0, 0.1) is 0 Å². The first-order valence-corrected chi connectivity index (χ1v) is 10.7. The predicted molar refractivity (Wildman–Crippen MR) is 116 cm³/mol. The van der Waals surface area contributed by atoms with Crippen LogP contribution in [0.15, 0.2) is 47.4 Å². The molecule has 0 fully saturated rings. The molecule has 29 heavy (non-hydrogen) atoms. The normalized spacial score (nSPS) is 12.0. The molecular formula is C20H29ClN2O5S. The number of nitrogens with two attached hydrogens (primary N) is 1. The molecule has 1 unspecified atom stereocenters. The molecule has 0 aliphatic carbocycles. The van der Waals surface area contributed by atoms with Gasteiger partial charge in [0.1, 0.15) is 17.3 Å². The van der Waals surface area contributed by atoms with Gasteiger partial charge in [-0.3, -0.25) is 0 Å². The van der Waals surface area contributed by atoms with Crippen molar-refractivity contribution in [2.75, 3.05) is 26.9 Å². The minimum Gasteiger partial charge on any atom is -0.495 e. The molecule has 0 saturated heterocycles. The van der Waals surface area contributed by atoms with Crippen LogP contribution in [0.4, 0.5) is 0 Å². The van der Waals surface area contributed by atoms with E-state index in [0.717, 1.165) is 11.3 Å². The van der Waals surface area contributed by atoms with Crippen LogP contribution in [0.3, 0.4) is 0 Å². The van der Waals surface area contributed by atoms with Crippen molar-refractivity contribution >= 4 is 22.4 Å². The SMILES string of the molecule is CCOc1ccccc1OCCNC(C)Cc1cccc(S(N)(=O)=O)c1OC.Cl. The fourth-order valence-electron chi connectivity index (χ4n) is 2.89. The Kier molecular flexibility index (Phi) is 10.2. The molecule has 0 aromatic heterocycles. The molecule has 2 rings (SSSR count). The van der Waals surface area contributed by atoms with E-state index in [1.54, 1.807) is 6.07 Å². The highest BCUT2D eigenvalue weighted by molar-refractivity contribution is 7.89. The standard InChI is InChI=1S/C20H28N2O5S.ClH/c1-4-26-17-9-5-6-10-18(17)27-13-12-22-15(2)14-16-8-7-11-19(20(16)25-3)28(21,23)24;/h5-11,15,22H,4,12-14H2,1-3H3,(H2,21,23,24);1H. The maximum absolute atomic E-state index is 11.7. The Labute approximate surface area is 179 Å². The van der Waals surface area contributed by atoms with Gasteiger partial charge in [0.2, 0.25) is 10.0 Å². The second kappa shape index (κ2) is 11.9. The predicted octanol–water partition coefficient (Wildman–Crippen LogP) is 2.76. The molecule has 0 aliphatic rings. The quantitative estimate of drug-likeness (QED) is 0.517. The van der Waals surface area contributed by atoms with Gasteiger partial charge in [-0.15, -0.1) is 12.4 Å². The van der Waals surface area contributed by atoms with Crippen LogP contribution in [0.2, 0.25) is 0 Å². The summed E-state index contributed by atoms with van der Waals surface area (Å²) in [6, 6.07) is 12.6. The zero-order chi connectivity index (χ0) is 20.6. The molecule has 0 bridgehead atoms. The van der Waals surface area contributed by atoms with Crippen LogP contribution in [0.5, 0.6) is 17.2 Å². The highest BCUT2D eigenvalue weighted by Gasteiger charge is 2.19. The Balaban J connectivity index is 0.00000420. The molecule has 3 N–H and O–H groups in total. The minimum absolute atomic E-state index is 0. The van der Waals surface area contributed by atoms with Crippen LogP contribution >= 0.6 is 12.4 Å². The van der Waals surface area contributed by atoms with E-state index in [0.29, 0.717) is 37.7 Å². The topological polar surface area (TPSA) is 99.9 Å².